The summed E-state index contributed by atoms with van der Waals surface area (Å²) in [5, 5.41) is 7.80. The van der Waals surface area contributed by atoms with Crippen LogP contribution in [-0.4, -0.2) is 22.9 Å². The van der Waals surface area contributed by atoms with Crippen LogP contribution in [0.1, 0.15) is 31.2 Å². The van der Waals surface area contributed by atoms with Gasteiger partial charge < -0.3 is 5.32 Å². The first-order valence-corrected chi connectivity index (χ1v) is 6.94. The Labute approximate surface area is 104 Å². The minimum Gasteiger partial charge on any atom is -0.316 e. The summed E-state index contributed by atoms with van der Waals surface area (Å²) in [6.45, 7) is 0. The predicted molar refractivity (Wildman–Crippen MR) is 68.7 cm³/mol. The number of hydrogen-bond acceptors (Lipinski definition) is 2. The molecule has 0 amide bonds. The fraction of sp³-hybridized carbons (Fsp3) is 0.786. The maximum Gasteiger partial charge on any atom is 0.0522 e. The lowest BCUT2D eigenvalue weighted by atomic mass is 10.0. The molecule has 0 spiro atoms. The van der Waals surface area contributed by atoms with Crippen molar-refractivity contribution in [3.8, 4) is 0 Å². The summed E-state index contributed by atoms with van der Waals surface area (Å²) in [7, 11) is 4.11. The molecule has 1 aromatic rings. The number of aryl methyl sites for hydroxylation is 1. The van der Waals surface area contributed by atoms with E-state index in [1.165, 1.54) is 31.2 Å². The van der Waals surface area contributed by atoms with Gasteiger partial charge in [-0.2, -0.15) is 5.10 Å². The Morgan fingerprint density at radius 2 is 2.12 bits per heavy atom. The normalized spacial score (nSPS) is 33.2. The molecule has 0 saturated heterocycles. The lowest BCUT2D eigenvalue weighted by Gasteiger charge is -2.15. The molecule has 0 bridgehead atoms. The minimum atomic E-state index is 0.660. The molecular weight excluding hydrogens is 210 g/mol. The van der Waals surface area contributed by atoms with Gasteiger partial charge in [0, 0.05) is 19.3 Å². The number of nitrogens with zero attached hydrogens (tertiary/aromatic N) is 2. The van der Waals surface area contributed by atoms with E-state index in [2.05, 4.69) is 23.7 Å². The predicted octanol–water partition coefficient (Wildman–Crippen LogP) is 1.99. The fourth-order valence-corrected chi connectivity index (χ4v) is 3.91. The van der Waals surface area contributed by atoms with Crippen LogP contribution in [0.2, 0.25) is 0 Å². The highest BCUT2D eigenvalue weighted by molar-refractivity contribution is 5.12. The molecule has 2 aliphatic carbocycles. The molecule has 1 aromatic heterocycles. The Bertz CT molecular complexity index is 373. The van der Waals surface area contributed by atoms with Crippen molar-refractivity contribution >= 4 is 0 Å². The molecule has 2 aliphatic rings. The zero-order chi connectivity index (χ0) is 11.8. The van der Waals surface area contributed by atoms with Crippen molar-refractivity contribution in [2.24, 2.45) is 24.8 Å². The van der Waals surface area contributed by atoms with Crippen LogP contribution in [0, 0.1) is 17.8 Å². The van der Waals surface area contributed by atoms with E-state index >= 15 is 0 Å². The largest absolute Gasteiger partial charge is 0.316 e. The van der Waals surface area contributed by atoms with Gasteiger partial charge in [-0.05, 0) is 49.6 Å². The van der Waals surface area contributed by atoms with Gasteiger partial charge in [-0.15, -0.1) is 0 Å². The highest BCUT2D eigenvalue weighted by atomic mass is 15.2. The number of aromatic nitrogens is 2. The molecule has 2 saturated carbocycles. The lowest BCUT2D eigenvalue weighted by Crippen LogP contribution is -2.31. The second-order valence-corrected chi connectivity index (χ2v) is 5.81. The van der Waals surface area contributed by atoms with Crippen molar-refractivity contribution < 1.29 is 0 Å². The molecule has 0 radical (unpaired) electrons. The van der Waals surface area contributed by atoms with Crippen LogP contribution < -0.4 is 5.32 Å². The molecule has 17 heavy (non-hydrogen) atoms. The van der Waals surface area contributed by atoms with Gasteiger partial charge in [0.2, 0.25) is 0 Å². The van der Waals surface area contributed by atoms with Crippen LogP contribution in [0.5, 0.6) is 0 Å². The van der Waals surface area contributed by atoms with Crippen molar-refractivity contribution in [2.45, 2.75) is 38.1 Å². The number of rotatable bonds is 4. The molecular formula is C14H23N3. The standard InChI is InChI=1S/C14H23N3/c1-15-13(7-10-8-16-17(2)9-10)14-11-5-3-4-6-12(11)14/h8-9,11-15H,3-7H2,1-2H3. The summed E-state index contributed by atoms with van der Waals surface area (Å²) < 4.78 is 1.90. The van der Waals surface area contributed by atoms with E-state index in [1.54, 1.807) is 0 Å². The van der Waals surface area contributed by atoms with E-state index < -0.39 is 0 Å². The van der Waals surface area contributed by atoms with E-state index in [9.17, 15) is 0 Å². The smallest absolute Gasteiger partial charge is 0.0522 e. The Hall–Kier alpha value is -0.830. The Morgan fingerprint density at radius 3 is 2.65 bits per heavy atom. The van der Waals surface area contributed by atoms with Crippen LogP contribution in [0.25, 0.3) is 0 Å². The monoisotopic (exact) mass is 233 g/mol. The third-order valence-electron chi connectivity index (χ3n) is 4.77. The van der Waals surface area contributed by atoms with Gasteiger partial charge >= 0.3 is 0 Å². The first-order valence-electron chi connectivity index (χ1n) is 6.94. The van der Waals surface area contributed by atoms with E-state index in [4.69, 9.17) is 0 Å². The molecule has 0 aromatic carbocycles. The van der Waals surface area contributed by atoms with Crippen molar-refractivity contribution in [1.29, 1.82) is 0 Å². The van der Waals surface area contributed by atoms with Gasteiger partial charge in [0.15, 0.2) is 0 Å². The van der Waals surface area contributed by atoms with Crippen LogP contribution in [-0.2, 0) is 13.5 Å². The number of fused-ring (bicyclic) bond motifs is 1. The number of likely N-dealkylation sites (N-methyl/N-ethyl adjacent to an activating group) is 1. The van der Waals surface area contributed by atoms with Crippen molar-refractivity contribution in [3.63, 3.8) is 0 Å². The van der Waals surface area contributed by atoms with Crippen molar-refractivity contribution in [1.82, 2.24) is 15.1 Å². The zero-order valence-electron chi connectivity index (χ0n) is 10.9. The molecule has 3 heteroatoms. The summed E-state index contributed by atoms with van der Waals surface area (Å²) in [6.07, 6.45) is 11.2. The highest BCUT2D eigenvalue weighted by Crippen LogP contribution is 2.57. The molecule has 94 valence electrons. The van der Waals surface area contributed by atoms with E-state index in [0.717, 1.165) is 24.2 Å². The van der Waals surface area contributed by atoms with Crippen LogP contribution >= 0.6 is 0 Å². The first-order chi connectivity index (χ1) is 8.29. The van der Waals surface area contributed by atoms with Gasteiger partial charge in [-0.1, -0.05) is 12.8 Å². The SMILES string of the molecule is CNC(Cc1cnn(C)c1)C1C2CCCCC21. The quantitative estimate of drug-likeness (QED) is 0.862. The first kappa shape index (κ1) is 11.3. The summed E-state index contributed by atoms with van der Waals surface area (Å²) >= 11 is 0. The Balaban J connectivity index is 1.64. The minimum absolute atomic E-state index is 0.660. The van der Waals surface area contributed by atoms with Gasteiger partial charge in [0.25, 0.3) is 0 Å². The van der Waals surface area contributed by atoms with Gasteiger partial charge in [0.05, 0.1) is 6.20 Å². The third kappa shape index (κ3) is 2.13. The highest BCUT2D eigenvalue weighted by Gasteiger charge is 2.53. The average Bonchev–Trinajstić information content (AvgIpc) is 2.93. The Morgan fingerprint density at radius 1 is 1.41 bits per heavy atom. The molecule has 3 rings (SSSR count). The molecule has 3 unspecified atom stereocenters. The van der Waals surface area contributed by atoms with Gasteiger partial charge in [-0.3, -0.25) is 4.68 Å². The van der Waals surface area contributed by atoms with E-state index in [1.807, 2.05) is 17.9 Å². The number of nitrogens with one attached hydrogen (secondary N) is 1. The second-order valence-electron chi connectivity index (χ2n) is 5.81. The Kier molecular flexibility index (Phi) is 2.95. The molecule has 3 atom stereocenters. The van der Waals surface area contributed by atoms with Crippen LogP contribution in [0.4, 0.5) is 0 Å². The fourth-order valence-electron chi connectivity index (χ4n) is 3.91. The summed E-state index contributed by atoms with van der Waals surface area (Å²) in [5.41, 5.74) is 1.37. The third-order valence-corrected chi connectivity index (χ3v) is 4.77. The van der Waals surface area contributed by atoms with Gasteiger partial charge in [0.1, 0.15) is 0 Å². The second kappa shape index (κ2) is 4.45. The molecule has 1 heterocycles. The molecule has 1 N–H and O–H groups in total. The zero-order valence-corrected chi connectivity index (χ0v) is 10.9. The van der Waals surface area contributed by atoms with E-state index in [-0.39, 0.29) is 0 Å². The van der Waals surface area contributed by atoms with E-state index in [0.29, 0.717) is 6.04 Å². The lowest BCUT2D eigenvalue weighted by molar-refractivity contribution is 0.460. The van der Waals surface area contributed by atoms with Crippen molar-refractivity contribution in [2.75, 3.05) is 7.05 Å². The maximum atomic E-state index is 4.26. The van der Waals surface area contributed by atoms with Gasteiger partial charge in [-0.25, -0.2) is 0 Å². The topological polar surface area (TPSA) is 29.9 Å². The molecule has 2 fully saturated rings. The summed E-state index contributed by atoms with van der Waals surface area (Å²) in [5.74, 6) is 2.98. The molecule has 3 nitrogen and oxygen atoms in total. The van der Waals surface area contributed by atoms with Crippen molar-refractivity contribution in [3.05, 3.63) is 18.0 Å². The average molecular weight is 233 g/mol. The van der Waals surface area contributed by atoms with Crippen LogP contribution in [0.3, 0.4) is 0 Å². The number of hydrogen-bond donors (Lipinski definition) is 1. The van der Waals surface area contributed by atoms with Crippen LogP contribution in [0.15, 0.2) is 12.4 Å². The molecule has 0 aliphatic heterocycles. The summed E-state index contributed by atoms with van der Waals surface area (Å²) in [6, 6.07) is 0.660. The maximum absolute atomic E-state index is 4.26. The summed E-state index contributed by atoms with van der Waals surface area (Å²) in [4.78, 5) is 0.